The molecule has 1 aromatic rings. The number of alkyl carbamates (subject to hydrolysis) is 1. The fraction of sp³-hybridized carbons (Fsp3) is 0.611. The number of nitrogens with one attached hydrogen (secondary N) is 2. The molecule has 0 aliphatic rings. The Balaban J connectivity index is 2.52. The molecule has 0 fully saturated rings. The molecule has 0 aliphatic heterocycles. The highest BCUT2D eigenvalue weighted by Crippen LogP contribution is 2.18. The first-order valence-electron chi connectivity index (χ1n) is 8.05. The molecule has 1 rings (SSSR count). The van der Waals surface area contributed by atoms with Crippen molar-refractivity contribution in [3.8, 4) is 0 Å². The lowest BCUT2D eigenvalue weighted by Crippen LogP contribution is -2.38. The Hall–Kier alpha value is -0.980. The van der Waals surface area contributed by atoms with Crippen LogP contribution in [0.15, 0.2) is 18.2 Å². The minimum absolute atomic E-state index is 0.335. The molecule has 0 radical (unpaired) electrons. The summed E-state index contributed by atoms with van der Waals surface area (Å²) in [4.78, 5) is 11.8. The highest BCUT2D eigenvalue weighted by molar-refractivity contribution is 14.1. The summed E-state index contributed by atoms with van der Waals surface area (Å²) < 4.78 is 6.54. The van der Waals surface area contributed by atoms with Gasteiger partial charge in [-0.25, -0.2) is 4.79 Å². The van der Waals surface area contributed by atoms with Crippen molar-refractivity contribution in [2.75, 3.05) is 18.4 Å². The zero-order valence-corrected chi connectivity index (χ0v) is 17.2. The third kappa shape index (κ3) is 7.90. The normalized spacial score (nSPS) is 12.9. The number of hydrogen-bond donors (Lipinski definition) is 2. The molecular formula is C18H29IN2O2. The number of benzene rings is 1. The van der Waals surface area contributed by atoms with Gasteiger partial charge in [-0.05, 0) is 79.8 Å². The molecule has 0 bridgehead atoms. The van der Waals surface area contributed by atoms with Crippen LogP contribution in [0.3, 0.4) is 0 Å². The molecule has 5 heteroatoms. The molecule has 23 heavy (non-hydrogen) atoms. The second kappa shape index (κ2) is 8.76. The first-order valence-corrected chi connectivity index (χ1v) is 9.13. The van der Waals surface area contributed by atoms with Crippen LogP contribution in [0.2, 0.25) is 0 Å². The smallest absolute Gasteiger partial charge is 0.407 e. The van der Waals surface area contributed by atoms with Gasteiger partial charge in [-0.1, -0.05) is 19.9 Å². The molecule has 0 heterocycles. The van der Waals surface area contributed by atoms with Gasteiger partial charge in [0.05, 0.1) is 0 Å². The van der Waals surface area contributed by atoms with Gasteiger partial charge in [-0.2, -0.15) is 0 Å². The van der Waals surface area contributed by atoms with Gasteiger partial charge in [0.2, 0.25) is 0 Å². The molecule has 0 saturated carbocycles. The van der Waals surface area contributed by atoms with Crippen molar-refractivity contribution in [3.05, 3.63) is 27.3 Å². The monoisotopic (exact) mass is 432 g/mol. The number of ether oxygens (including phenoxy) is 1. The van der Waals surface area contributed by atoms with Crippen LogP contribution in [-0.4, -0.2) is 24.8 Å². The number of carbonyl (C=O) groups excluding carboxylic acids is 1. The van der Waals surface area contributed by atoms with Crippen LogP contribution >= 0.6 is 22.6 Å². The molecule has 2 N–H and O–H groups in total. The minimum atomic E-state index is -0.464. The van der Waals surface area contributed by atoms with Crippen molar-refractivity contribution in [2.45, 2.75) is 47.1 Å². The summed E-state index contributed by atoms with van der Waals surface area (Å²) in [6.45, 7) is 13.5. The van der Waals surface area contributed by atoms with Gasteiger partial charge >= 0.3 is 6.09 Å². The van der Waals surface area contributed by atoms with Gasteiger partial charge in [0.1, 0.15) is 5.60 Å². The second-order valence-corrected chi connectivity index (χ2v) is 8.39. The van der Waals surface area contributed by atoms with Crippen molar-refractivity contribution in [2.24, 2.45) is 11.8 Å². The zero-order valence-electron chi connectivity index (χ0n) is 15.0. The van der Waals surface area contributed by atoms with Crippen LogP contribution in [0.25, 0.3) is 0 Å². The zero-order chi connectivity index (χ0) is 17.6. The fourth-order valence-corrected chi connectivity index (χ4v) is 2.54. The second-order valence-electron chi connectivity index (χ2n) is 7.23. The summed E-state index contributed by atoms with van der Waals surface area (Å²) in [6, 6.07) is 6.36. The lowest BCUT2D eigenvalue weighted by Gasteiger charge is -2.24. The van der Waals surface area contributed by atoms with E-state index in [0.717, 1.165) is 12.2 Å². The molecule has 130 valence electrons. The maximum Gasteiger partial charge on any atom is 0.407 e. The van der Waals surface area contributed by atoms with Crippen LogP contribution < -0.4 is 10.6 Å². The van der Waals surface area contributed by atoms with E-state index in [4.69, 9.17) is 4.74 Å². The highest BCUT2D eigenvalue weighted by Gasteiger charge is 2.19. The summed E-state index contributed by atoms with van der Waals surface area (Å²) >= 11 is 2.34. The molecule has 1 atom stereocenters. The van der Waals surface area contributed by atoms with E-state index in [1.807, 2.05) is 20.8 Å². The van der Waals surface area contributed by atoms with Gasteiger partial charge in [0, 0.05) is 22.3 Å². The molecule has 1 amide bonds. The summed E-state index contributed by atoms with van der Waals surface area (Å²) in [7, 11) is 0. The molecule has 1 aromatic carbocycles. The number of hydrogen-bond acceptors (Lipinski definition) is 3. The van der Waals surface area contributed by atoms with Gasteiger partial charge < -0.3 is 15.4 Å². The van der Waals surface area contributed by atoms with E-state index in [-0.39, 0.29) is 6.09 Å². The van der Waals surface area contributed by atoms with Crippen LogP contribution in [0.1, 0.15) is 40.2 Å². The van der Waals surface area contributed by atoms with E-state index in [2.05, 4.69) is 72.2 Å². The molecule has 4 nitrogen and oxygen atoms in total. The summed E-state index contributed by atoms with van der Waals surface area (Å²) in [6.07, 6.45) is -0.354. The molecule has 0 aromatic heterocycles. The summed E-state index contributed by atoms with van der Waals surface area (Å²) in [5.74, 6) is 0.795. The van der Waals surface area contributed by atoms with Gasteiger partial charge in [0.25, 0.3) is 0 Å². The van der Waals surface area contributed by atoms with E-state index < -0.39 is 5.60 Å². The highest BCUT2D eigenvalue weighted by atomic mass is 127. The fourth-order valence-electron chi connectivity index (χ4n) is 2.02. The number of amides is 1. The van der Waals surface area contributed by atoms with Crippen molar-refractivity contribution >= 4 is 34.4 Å². The Bertz CT molecular complexity index is 524. The van der Waals surface area contributed by atoms with Crippen molar-refractivity contribution in [3.63, 3.8) is 0 Å². The maximum absolute atomic E-state index is 11.8. The number of halogens is 1. The molecule has 1 unspecified atom stereocenters. The molecule has 0 saturated heterocycles. The Morgan fingerprint density at radius 3 is 2.43 bits per heavy atom. The predicted molar refractivity (Wildman–Crippen MR) is 105 cm³/mol. The summed E-state index contributed by atoms with van der Waals surface area (Å²) in [5, 5.41) is 6.34. The topological polar surface area (TPSA) is 50.4 Å². The van der Waals surface area contributed by atoms with Crippen molar-refractivity contribution in [1.82, 2.24) is 5.32 Å². The number of carbonyl (C=O) groups is 1. The minimum Gasteiger partial charge on any atom is -0.444 e. The summed E-state index contributed by atoms with van der Waals surface area (Å²) in [5.41, 5.74) is 1.93. The van der Waals surface area contributed by atoms with Gasteiger partial charge in [0.15, 0.2) is 0 Å². The third-order valence-electron chi connectivity index (χ3n) is 3.59. The van der Waals surface area contributed by atoms with E-state index in [9.17, 15) is 4.79 Å². The van der Waals surface area contributed by atoms with Gasteiger partial charge in [-0.15, -0.1) is 0 Å². The Morgan fingerprint density at radius 1 is 1.26 bits per heavy atom. The van der Waals surface area contributed by atoms with E-state index in [0.29, 0.717) is 18.4 Å². The van der Waals surface area contributed by atoms with Crippen LogP contribution in [0, 0.1) is 22.3 Å². The molecular weight excluding hydrogens is 403 g/mol. The largest absolute Gasteiger partial charge is 0.444 e. The lowest BCUT2D eigenvalue weighted by atomic mass is 9.95. The van der Waals surface area contributed by atoms with Gasteiger partial charge in [-0.3, -0.25) is 0 Å². The van der Waals surface area contributed by atoms with E-state index in [1.54, 1.807) is 0 Å². The number of rotatable bonds is 6. The Morgan fingerprint density at radius 2 is 1.91 bits per heavy atom. The Kier molecular flexibility index (Phi) is 7.64. The van der Waals surface area contributed by atoms with Crippen molar-refractivity contribution in [1.29, 1.82) is 0 Å². The average molecular weight is 432 g/mol. The van der Waals surface area contributed by atoms with Crippen molar-refractivity contribution < 1.29 is 9.53 Å². The SMILES string of the molecule is Cc1ccc(NCC(CNC(=O)OC(C)(C)C)C(C)C)cc1I. The standard InChI is InChI=1S/C18H29IN2O2/c1-12(2)14(11-21-17(22)23-18(4,5)6)10-20-15-8-7-13(3)16(19)9-15/h7-9,12,14,20H,10-11H2,1-6H3,(H,21,22). The molecule has 0 aliphatic carbocycles. The van der Waals surface area contributed by atoms with Crippen LogP contribution in [0.4, 0.5) is 10.5 Å². The van der Waals surface area contributed by atoms with Crippen LogP contribution in [0.5, 0.6) is 0 Å². The quantitative estimate of drug-likeness (QED) is 0.635. The van der Waals surface area contributed by atoms with Crippen LogP contribution in [-0.2, 0) is 4.74 Å². The Labute approximate surface area is 153 Å². The predicted octanol–water partition coefficient (Wildman–Crippen LogP) is 4.81. The number of aryl methyl sites for hydroxylation is 1. The number of anilines is 1. The van der Waals surface area contributed by atoms with E-state index >= 15 is 0 Å². The first-order chi connectivity index (χ1) is 10.6. The first kappa shape index (κ1) is 20.1. The molecule has 0 spiro atoms. The van der Waals surface area contributed by atoms with E-state index in [1.165, 1.54) is 9.13 Å². The average Bonchev–Trinajstić information content (AvgIpc) is 2.40. The lowest BCUT2D eigenvalue weighted by molar-refractivity contribution is 0.0516. The third-order valence-corrected chi connectivity index (χ3v) is 4.75. The maximum atomic E-state index is 11.8.